The van der Waals surface area contributed by atoms with Crippen molar-refractivity contribution in [1.82, 2.24) is 5.43 Å². The summed E-state index contributed by atoms with van der Waals surface area (Å²) in [5.41, 5.74) is 5.69. The van der Waals surface area contributed by atoms with E-state index in [0.717, 1.165) is 22.5 Å². The number of amides is 1. The number of carbonyl (C=O) groups excluding carboxylic acids is 1. The van der Waals surface area contributed by atoms with Crippen LogP contribution in [0, 0.1) is 0 Å². The van der Waals surface area contributed by atoms with Crippen molar-refractivity contribution in [2.75, 3.05) is 19.5 Å². The van der Waals surface area contributed by atoms with Gasteiger partial charge in [0, 0.05) is 23.2 Å². The summed E-state index contributed by atoms with van der Waals surface area (Å²) in [7, 11) is 3.19. The number of nitrogens with zero attached hydrogens (tertiary/aromatic N) is 1. The molecule has 2 aromatic rings. The van der Waals surface area contributed by atoms with Crippen molar-refractivity contribution in [3.63, 3.8) is 0 Å². The Balaban J connectivity index is 1.69. The highest BCUT2D eigenvalue weighted by molar-refractivity contribution is 6.13. The van der Waals surface area contributed by atoms with Crippen LogP contribution in [-0.2, 0) is 10.3 Å². The lowest BCUT2D eigenvalue weighted by Crippen LogP contribution is -2.42. The van der Waals surface area contributed by atoms with Gasteiger partial charge in [0.1, 0.15) is 0 Å². The van der Waals surface area contributed by atoms with Gasteiger partial charge in [0.05, 0.1) is 19.9 Å². The van der Waals surface area contributed by atoms with E-state index >= 15 is 0 Å². The molecule has 0 saturated heterocycles. The summed E-state index contributed by atoms with van der Waals surface area (Å²) in [5, 5.41) is 7.35. The summed E-state index contributed by atoms with van der Waals surface area (Å²) < 4.78 is 10.6. The standard InChI is InChI=1S/C18H17N3O3/c1-23-15-8-7-11(9-16(15)24-2)14-10-18(21-20-14)12-5-3-4-6-13(12)19-17(18)22/h3-9,21H,10H2,1-2H3,(H,19,22)/t18-/m1/s1. The molecule has 2 aliphatic heterocycles. The highest BCUT2D eigenvalue weighted by atomic mass is 16.5. The highest BCUT2D eigenvalue weighted by Crippen LogP contribution is 2.42. The Labute approximate surface area is 139 Å². The lowest BCUT2D eigenvalue weighted by Gasteiger charge is -2.20. The maximum absolute atomic E-state index is 12.6. The number of rotatable bonds is 3. The minimum atomic E-state index is -0.834. The smallest absolute Gasteiger partial charge is 0.256 e. The van der Waals surface area contributed by atoms with Crippen LogP contribution in [0.15, 0.2) is 47.6 Å². The monoisotopic (exact) mass is 323 g/mol. The van der Waals surface area contributed by atoms with Gasteiger partial charge >= 0.3 is 0 Å². The van der Waals surface area contributed by atoms with Crippen LogP contribution in [0.1, 0.15) is 17.5 Å². The van der Waals surface area contributed by atoms with E-state index in [2.05, 4.69) is 15.8 Å². The molecule has 0 aromatic heterocycles. The summed E-state index contributed by atoms with van der Waals surface area (Å²) in [5.74, 6) is 1.21. The Bertz CT molecular complexity index is 862. The van der Waals surface area contributed by atoms with Gasteiger partial charge in [-0.15, -0.1) is 0 Å². The molecule has 6 heteroatoms. The van der Waals surface area contributed by atoms with Gasteiger partial charge in [0.15, 0.2) is 17.0 Å². The molecule has 0 aliphatic carbocycles. The van der Waals surface area contributed by atoms with Crippen LogP contribution in [0.5, 0.6) is 11.5 Å². The number of methoxy groups -OCH3 is 2. The fourth-order valence-electron chi connectivity index (χ4n) is 3.28. The first-order chi connectivity index (χ1) is 11.7. The number of carbonyl (C=O) groups is 1. The lowest BCUT2D eigenvalue weighted by atomic mass is 9.86. The van der Waals surface area contributed by atoms with Crippen molar-refractivity contribution in [2.45, 2.75) is 12.0 Å². The third kappa shape index (κ3) is 1.96. The quantitative estimate of drug-likeness (QED) is 0.909. The van der Waals surface area contributed by atoms with Gasteiger partial charge < -0.3 is 14.8 Å². The van der Waals surface area contributed by atoms with E-state index in [1.807, 2.05) is 42.5 Å². The van der Waals surface area contributed by atoms with Crippen LogP contribution < -0.4 is 20.2 Å². The Morgan fingerprint density at radius 1 is 1.08 bits per heavy atom. The second-order valence-electron chi connectivity index (χ2n) is 5.82. The third-order valence-corrected chi connectivity index (χ3v) is 4.55. The van der Waals surface area contributed by atoms with E-state index in [1.165, 1.54) is 0 Å². The number of hydrogen-bond donors (Lipinski definition) is 2. The molecule has 1 spiro atoms. The van der Waals surface area contributed by atoms with Gasteiger partial charge in [-0.2, -0.15) is 5.10 Å². The van der Waals surface area contributed by atoms with Crippen LogP contribution in [0.3, 0.4) is 0 Å². The van der Waals surface area contributed by atoms with E-state index in [4.69, 9.17) is 9.47 Å². The molecular weight excluding hydrogens is 306 g/mol. The van der Waals surface area contributed by atoms with Crippen molar-refractivity contribution in [1.29, 1.82) is 0 Å². The average molecular weight is 323 g/mol. The largest absolute Gasteiger partial charge is 0.493 e. The van der Waals surface area contributed by atoms with Gasteiger partial charge in [-0.3, -0.25) is 10.2 Å². The predicted octanol–water partition coefficient (Wildman–Crippen LogP) is 2.25. The number of hydrogen-bond acceptors (Lipinski definition) is 5. The minimum absolute atomic E-state index is 0.0806. The zero-order chi connectivity index (χ0) is 16.7. The van der Waals surface area contributed by atoms with Crippen molar-refractivity contribution >= 4 is 17.3 Å². The van der Waals surface area contributed by atoms with E-state index < -0.39 is 5.54 Å². The van der Waals surface area contributed by atoms with Crippen LogP contribution in [0.4, 0.5) is 5.69 Å². The maximum atomic E-state index is 12.6. The van der Waals surface area contributed by atoms with Gasteiger partial charge in [-0.1, -0.05) is 18.2 Å². The normalized spacial score (nSPS) is 21.1. The Morgan fingerprint density at radius 2 is 1.88 bits per heavy atom. The van der Waals surface area contributed by atoms with E-state index in [0.29, 0.717) is 17.9 Å². The Kier molecular flexibility index (Phi) is 3.19. The first kappa shape index (κ1) is 14.6. The number of ether oxygens (including phenoxy) is 2. The zero-order valence-electron chi connectivity index (χ0n) is 13.4. The SMILES string of the molecule is COc1ccc(C2=NN[C@@]3(C2)C(=O)Nc2ccccc23)cc1OC. The molecule has 2 aromatic carbocycles. The maximum Gasteiger partial charge on any atom is 0.256 e. The summed E-state index contributed by atoms with van der Waals surface area (Å²) in [6, 6.07) is 13.3. The number of nitrogens with one attached hydrogen (secondary N) is 2. The molecule has 0 unspecified atom stereocenters. The second-order valence-corrected chi connectivity index (χ2v) is 5.82. The zero-order valence-corrected chi connectivity index (χ0v) is 13.4. The minimum Gasteiger partial charge on any atom is -0.493 e. The summed E-state index contributed by atoms with van der Waals surface area (Å²) in [6.45, 7) is 0. The first-order valence-corrected chi connectivity index (χ1v) is 7.65. The number of benzene rings is 2. The molecule has 0 saturated carbocycles. The van der Waals surface area contributed by atoms with E-state index in [9.17, 15) is 4.79 Å². The summed E-state index contributed by atoms with van der Waals surface area (Å²) in [4.78, 5) is 12.6. The molecule has 2 heterocycles. The highest BCUT2D eigenvalue weighted by Gasteiger charge is 2.50. The fraction of sp³-hybridized carbons (Fsp3) is 0.222. The topological polar surface area (TPSA) is 72.0 Å². The molecule has 2 aliphatic rings. The molecule has 0 fully saturated rings. The first-order valence-electron chi connectivity index (χ1n) is 7.65. The van der Waals surface area contributed by atoms with Gasteiger partial charge in [-0.05, 0) is 24.3 Å². The molecule has 0 radical (unpaired) electrons. The Hall–Kier alpha value is -3.02. The van der Waals surface area contributed by atoms with Crippen molar-refractivity contribution in [2.24, 2.45) is 5.10 Å². The average Bonchev–Trinajstić information content (AvgIpc) is 3.18. The number of hydrazone groups is 1. The molecular formula is C18H17N3O3. The molecule has 4 rings (SSSR count). The predicted molar refractivity (Wildman–Crippen MR) is 90.6 cm³/mol. The lowest BCUT2D eigenvalue weighted by molar-refractivity contribution is -0.121. The van der Waals surface area contributed by atoms with Gasteiger partial charge in [0.25, 0.3) is 5.91 Å². The number of para-hydroxylation sites is 1. The van der Waals surface area contributed by atoms with Crippen LogP contribution >= 0.6 is 0 Å². The molecule has 122 valence electrons. The Morgan fingerprint density at radius 3 is 2.67 bits per heavy atom. The van der Waals surface area contributed by atoms with Gasteiger partial charge in [0.2, 0.25) is 0 Å². The second kappa shape index (κ2) is 5.26. The van der Waals surface area contributed by atoms with Crippen molar-refractivity contribution in [3.8, 4) is 11.5 Å². The third-order valence-electron chi connectivity index (χ3n) is 4.55. The summed E-state index contributed by atoms with van der Waals surface area (Å²) >= 11 is 0. The van der Waals surface area contributed by atoms with E-state index in [1.54, 1.807) is 14.2 Å². The molecule has 0 bridgehead atoms. The van der Waals surface area contributed by atoms with Crippen LogP contribution in [-0.4, -0.2) is 25.8 Å². The van der Waals surface area contributed by atoms with Crippen LogP contribution in [0.2, 0.25) is 0 Å². The molecule has 1 amide bonds. The molecule has 2 N–H and O–H groups in total. The number of anilines is 1. The number of fused-ring (bicyclic) bond motifs is 2. The fourth-order valence-corrected chi connectivity index (χ4v) is 3.28. The molecule has 24 heavy (non-hydrogen) atoms. The van der Waals surface area contributed by atoms with Crippen molar-refractivity contribution in [3.05, 3.63) is 53.6 Å². The van der Waals surface area contributed by atoms with Gasteiger partial charge in [-0.25, -0.2) is 0 Å². The molecule has 1 atom stereocenters. The summed E-state index contributed by atoms with van der Waals surface area (Å²) in [6.07, 6.45) is 0.478. The van der Waals surface area contributed by atoms with E-state index in [-0.39, 0.29) is 5.91 Å². The van der Waals surface area contributed by atoms with Crippen LogP contribution in [0.25, 0.3) is 0 Å². The molecule has 6 nitrogen and oxygen atoms in total. The van der Waals surface area contributed by atoms with Crippen molar-refractivity contribution < 1.29 is 14.3 Å².